The van der Waals surface area contributed by atoms with Gasteiger partial charge in [-0.3, -0.25) is 0 Å². The van der Waals surface area contributed by atoms with Crippen LogP contribution in [0.5, 0.6) is 0 Å². The fraction of sp³-hybridized carbons (Fsp3) is 0.556. The second-order valence-electron chi connectivity index (χ2n) is 3.73. The first-order valence-corrected chi connectivity index (χ1v) is 3.92. The van der Waals surface area contributed by atoms with Crippen LogP contribution < -0.4 is 5.73 Å². The summed E-state index contributed by atoms with van der Waals surface area (Å²) in [4.78, 5) is 0. The SMILES string of the molecule is Cc1cocc1C(O)C(C)(C)N. The molecule has 1 heterocycles. The van der Waals surface area contributed by atoms with Gasteiger partial charge in [0.25, 0.3) is 0 Å². The lowest BCUT2D eigenvalue weighted by molar-refractivity contribution is 0.103. The summed E-state index contributed by atoms with van der Waals surface area (Å²) < 4.78 is 4.95. The molecule has 0 aliphatic carbocycles. The molecule has 0 saturated heterocycles. The van der Waals surface area contributed by atoms with Crippen LogP contribution in [0.25, 0.3) is 0 Å². The third kappa shape index (κ3) is 1.68. The second-order valence-corrected chi connectivity index (χ2v) is 3.73. The number of aliphatic hydroxyl groups excluding tert-OH is 1. The number of hydrogen-bond donors (Lipinski definition) is 2. The highest BCUT2D eigenvalue weighted by Gasteiger charge is 2.26. The fourth-order valence-electron chi connectivity index (χ4n) is 1.05. The molecule has 3 heteroatoms. The van der Waals surface area contributed by atoms with Crippen LogP contribution in [0.15, 0.2) is 16.9 Å². The molecule has 12 heavy (non-hydrogen) atoms. The highest BCUT2D eigenvalue weighted by Crippen LogP contribution is 2.26. The molecule has 0 aliphatic heterocycles. The quantitative estimate of drug-likeness (QED) is 0.702. The zero-order valence-electron chi connectivity index (χ0n) is 7.66. The number of aryl methyl sites for hydroxylation is 1. The minimum atomic E-state index is -0.670. The van der Waals surface area contributed by atoms with Gasteiger partial charge in [-0.15, -0.1) is 0 Å². The monoisotopic (exact) mass is 169 g/mol. The maximum atomic E-state index is 9.74. The Kier molecular flexibility index (Phi) is 2.26. The summed E-state index contributed by atoms with van der Waals surface area (Å²) in [6.07, 6.45) is 2.47. The van der Waals surface area contributed by atoms with Crippen LogP contribution in [-0.2, 0) is 0 Å². The third-order valence-corrected chi connectivity index (χ3v) is 1.89. The molecule has 0 bridgehead atoms. The topological polar surface area (TPSA) is 59.4 Å². The maximum absolute atomic E-state index is 9.74. The molecule has 1 aromatic rings. The third-order valence-electron chi connectivity index (χ3n) is 1.89. The molecule has 3 nitrogen and oxygen atoms in total. The van der Waals surface area contributed by atoms with Crippen molar-refractivity contribution in [2.24, 2.45) is 5.73 Å². The van der Waals surface area contributed by atoms with Crippen LogP contribution >= 0.6 is 0 Å². The highest BCUT2D eigenvalue weighted by atomic mass is 16.3. The Balaban J connectivity index is 2.92. The molecule has 1 rings (SSSR count). The van der Waals surface area contributed by atoms with Crippen LogP contribution in [-0.4, -0.2) is 10.6 Å². The van der Waals surface area contributed by atoms with E-state index in [4.69, 9.17) is 10.2 Å². The van der Waals surface area contributed by atoms with Gasteiger partial charge in [-0.25, -0.2) is 0 Å². The predicted octanol–water partition coefficient (Wildman–Crippen LogP) is 1.36. The Bertz CT molecular complexity index is 260. The maximum Gasteiger partial charge on any atom is 0.0997 e. The predicted molar refractivity (Wildman–Crippen MR) is 46.7 cm³/mol. The molecule has 1 unspecified atom stereocenters. The van der Waals surface area contributed by atoms with Gasteiger partial charge in [0.05, 0.1) is 18.6 Å². The van der Waals surface area contributed by atoms with Gasteiger partial charge in [0.15, 0.2) is 0 Å². The first kappa shape index (κ1) is 9.29. The number of rotatable bonds is 2. The van der Waals surface area contributed by atoms with E-state index >= 15 is 0 Å². The number of aliphatic hydroxyl groups is 1. The van der Waals surface area contributed by atoms with Crippen molar-refractivity contribution in [1.29, 1.82) is 0 Å². The van der Waals surface area contributed by atoms with Crippen molar-refractivity contribution < 1.29 is 9.52 Å². The molecule has 3 N–H and O–H groups in total. The Morgan fingerprint density at radius 1 is 1.50 bits per heavy atom. The van der Waals surface area contributed by atoms with Crippen LogP contribution in [0, 0.1) is 6.92 Å². The average molecular weight is 169 g/mol. The lowest BCUT2D eigenvalue weighted by atomic mass is 9.92. The molecule has 0 aliphatic rings. The van der Waals surface area contributed by atoms with Gasteiger partial charge < -0.3 is 15.3 Å². The van der Waals surface area contributed by atoms with E-state index in [1.807, 2.05) is 6.92 Å². The van der Waals surface area contributed by atoms with Crippen LogP contribution in [0.3, 0.4) is 0 Å². The Labute approximate surface area is 72.2 Å². The van der Waals surface area contributed by atoms with Crippen molar-refractivity contribution in [3.63, 3.8) is 0 Å². The van der Waals surface area contributed by atoms with Gasteiger partial charge in [0, 0.05) is 11.1 Å². The average Bonchev–Trinajstić information content (AvgIpc) is 2.31. The Morgan fingerprint density at radius 3 is 2.42 bits per heavy atom. The first-order chi connectivity index (χ1) is 5.43. The van der Waals surface area contributed by atoms with Crippen LogP contribution in [0.4, 0.5) is 0 Å². The van der Waals surface area contributed by atoms with Gasteiger partial charge >= 0.3 is 0 Å². The summed E-state index contributed by atoms with van der Waals surface area (Å²) >= 11 is 0. The summed E-state index contributed by atoms with van der Waals surface area (Å²) in [5.41, 5.74) is 6.81. The van der Waals surface area contributed by atoms with Crippen molar-refractivity contribution in [3.8, 4) is 0 Å². The molecule has 0 radical (unpaired) electrons. The van der Waals surface area contributed by atoms with Crippen LogP contribution in [0.2, 0.25) is 0 Å². The highest BCUT2D eigenvalue weighted by molar-refractivity contribution is 5.24. The number of hydrogen-bond acceptors (Lipinski definition) is 3. The Morgan fingerprint density at radius 2 is 2.08 bits per heavy atom. The smallest absolute Gasteiger partial charge is 0.0997 e. The molecule has 0 aromatic carbocycles. The molecule has 0 fully saturated rings. The van der Waals surface area contributed by atoms with E-state index in [2.05, 4.69) is 0 Å². The largest absolute Gasteiger partial charge is 0.472 e. The number of furan rings is 1. The van der Waals surface area contributed by atoms with Crippen molar-refractivity contribution in [2.45, 2.75) is 32.4 Å². The minimum Gasteiger partial charge on any atom is -0.472 e. The second kappa shape index (κ2) is 2.92. The standard InChI is InChI=1S/C9H15NO2/c1-6-4-12-5-7(6)8(11)9(2,3)10/h4-5,8,11H,10H2,1-3H3. The number of nitrogens with two attached hydrogens (primary N) is 1. The summed E-state index contributed by atoms with van der Waals surface area (Å²) in [6.45, 7) is 5.45. The molecule has 0 saturated carbocycles. The van der Waals surface area contributed by atoms with Gasteiger partial charge in [0.2, 0.25) is 0 Å². The van der Waals surface area contributed by atoms with E-state index < -0.39 is 11.6 Å². The van der Waals surface area contributed by atoms with Gasteiger partial charge in [-0.1, -0.05) is 0 Å². The zero-order valence-corrected chi connectivity index (χ0v) is 7.66. The van der Waals surface area contributed by atoms with Crippen LogP contribution in [0.1, 0.15) is 31.1 Å². The van der Waals surface area contributed by atoms with Gasteiger partial charge in [-0.2, -0.15) is 0 Å². The molecule has 68 valence electrons. The minimum absolute atomic E-state index is 0.630. The summed E-state index contributed by atoms with van der Waals surface area (Å²) in [5.74, 6) is 0. The summed E-state index contributed by atoms with van der Waals surface area (Å²) in [5, 5.41) is 9.74. The van der Waals surface area contributed by atoms with Crippen molar-refractivity contribution in [3.05, 3.63) is 23.7 Å². The van der Waals surface area contributed by atoms with E-state index in [-0.39, 0.29) is 0 Å². The molecule has 1 aromatic heterocycles. The van der Waals surface area contributed by atoms with E-state index in [0.717, 1.165) is 11.1 Å². The summed E-state index contributed by atoms with van der Waals surface area (Å²) in [7, 11) is 0. The molecule has 1 atom stereocenters. The van der Waals surface area contributed by atoms with Crippen molar-refractivity contribution >= 4 is 0 Å². The van der Waals surface area contributed by atoms with Gasteiger partial charge in [0.1, 0.15) is 0 Å². The molecule has 0 amide bonds. The van der Waals surface area contributed by atoms with E-state index in [1.165, 1.54) is 6.26 Å². The normalized spacial score (nSPS) is 14.8. The van der Waals surface area contributed by atoms with E-state index in [0.29, 0.717) is 0 Å². The lowest BCUT2D eigenvalue weighted by Gasteiger charge is -2.25. The first-order valence-electron chi connectivity index (χ1n) is 3.92. The van der Waals surface area contributed by atoms with Gasteiger partial charge in [-0.05, 0) is 26.3 Å². The van der Waals surface area contributed by atoms with E-state index in [9.17, 15) is 5.11 Å². The zero-order chi connectivity index (χ0) is 9.35. The summed E-state index contributed by atoms with van der Waals surface area (Å²) in [6, 6.07) is 0. The molecular formula is C9H15NO2. The van der Waals surface area contributed by atoms with E-state index in [1.54, 1.807) is 20.1 Å². The lowest BCUT2D eigenvalue weighted by Crippen LogP contribution is -2.39. The molecular weight excluding hydrogens is 154 g/mol. The van der Waals surface area contributed by atoms with Crippen molar-refractivity contribution in [1.82, 2.24) is 0 Å². The van der Waals surface area contributed by atoms with Crippen molar-refractivity contribution in [2.75, 3.05) is 0 Å². The molecule has 0 spiro atoms. The Hall–Kier alpha value is -0.800. The fourth-order valence-corrected chi connectivity index (χ4v) is 1.05.